The van der Waals surface area contributed by atoms with Gasteiger partial charge in [-0.05, 0) is 41.6 Å². The molecule has 2 nitrogen and oxygen atoms in total. The van der Waals surface area contributed by atoms with E-state index in [4.69, 9.17) is 18.0 Å². The van der Waals surface area contributed by atoms with E-state index in [9.17, 15) is 4.39 Å². The number of hydrogen-bond acceptors (Lipinski definition) is 3. The van der Waals surface area contributed by atoms with Gasteiger partial charge < -0.3 is 11.1 Å². The normalized spacial score (nSPS) is 10.4. The molecule has 3 N–H and O–H groups in total. The van der Waals surface area contributed by atoms with Crippen molar-refractivity contribution in [1.29, 1.82) is 0 Å². The second kappa shape index (κ2) is 6.12. The van der Waals surface area contributed by atoms with Crippen LogP contribution >= 0.6 is 23.6 Å². The van der Waals surface area contributed by atoms with E-state index in [1.54, 1.807) is 17.4 Å². The van der Waals surface area contributed by atoms with Gasteiger partial charge in [-0.25, -0.2) is 4.39 Å². The second-order valence-electron chi connectivity index (χ2n) is 4.13. The van der Waals surface area contributed by atoms with Crippen LogP contribution in [0.4, 0.5) is 10.1 Å². The smallest absolute Gasteiger partial charge is 0.124 e. The molecule has 1 aromatic carbocycles. The maximum atomic E-state index is 13.2. The molecule has 2 rings (SSSR count). The number of benzene rings is 1. The Hall–Kier alpha value is -1.46. The van der Waals surface area contributed by atoms with E-state index in [1.807, 2.05) is 0 Å². The summed E-state index contributed by atoms with van der Waals surface area (Å²) in [4.78, 5) is 1.48. The Kier molecular flexibility index (Phi) is 4.50. The fraction of sp³-hybridized carbons (Fsp3) is 0.214. The monoisotopic (exact) mass is 294 g/mol. The first-order chi connectivity index (χ1) is 9.11. The largest absolute Gasteiger partial charge is 0.389 e. The van der Waals surface area contributed by atoms with Crippen molar-refractivity contribution in [2.24, 2.45) is 5.73 Å². The lowest BCUT2D eigenvalue weighted by atomic mass is 10.1. The summed E-state index contributed by atoms with van der Waals surface area (Å²) < 4.78 is 13.2. The number of thiophene rings is 1. The van der Waals surface area contributed by atoms with Crippen LogP contribution in [0.2, 0.25) is 0 Å². The number of thiocarbonyl (C=S) groups is 1. The van der Waals surface area contributed by atoms with E-state index < -0.39 is 0 Å². The molecule has 0 saturated carbocycles. The minimum atomic E-state index is -0.335. The van der Waals surface area contributed by atoms with Gasteiger partial charge in [0.2, 0.25) is 0 Å². The van der Waals surface area contributed by atoms with Crippen LogP contribution in [0.5, 0.6) is 0 Å². The van der Waals surface area contributed by atoms with Crippen molar-refractivity contribution in [3.63, 3.8) is 0 Å². The molecule has 0 fully saturated rings. The van der Waals surface area contributed by atoms with Crippen molar-refractivity contribution in [2.45, 2.75) is 19.9 Å². The topological polar surface area (TPSA) is 38.0 Å². The molecule has 0 saturated heterocycles. The van der Waals surface area contributed by atoms with E-state index in [0.717, 1.165) is 12.1 Å². The SMILES string of the molecule is CCc1ccsc1CNc1ccc(F)cc1C(N)=S. The molecule has 0 amide bonds. The number of hydrogen-bond donors (Lipinski definition) is 2. The van der Waals surface area contributed by atoms with Gasteiger partial charge in [0, 0.05) is 22.7 Å². The van der Waals surface area contributed by atoms with Gasteiger partial charge in [-0.1, -0.05) is 19.1 Å². The molecule has 0 atom stereocenters. The van der Waals surface area contributed by atoms with E-state index in [1.165, 1.54) is 22.6 Å². The summed E-state index contributed by atoms with van der Waals surface area (Å²) in [6.45, 7) is 2.83. The summed E-state index contributed by atoms with van der Waals surface area (Å²) in [6, 6.07) is 6.56. The van der Waals surface area contributed by atoms with Gasteiger partial charge in [0.05, 0.1) is 0 Å². The molecule has 0 aliphatic heterocycles. The van der Waals surface area contributed by atoms with Gasteiger partial charge in [0.15, 0.2) is 0 Å². The number of rotatable bonds is 5. The Morgan fingerprint density at radius 2 is 2.21 bits per heavy atom. The highest BCUT2D eigenvalue weighted by molar-refractivity contribution is 7.80. The lowest BCUT2D eigenvalue weighted by Gasteiger charge is -2.11. The summed E-state index contributed by atoms with van der Waals surface area (Å²) >= 11 is 6.66. The third kappa shape index (κ3) is 3.30. The predicted octanol–water partition coefficient (Wildman–Crippen LogP) is 3.70. The van der Waals surface area contributed by atoms with Crippen LogP contribution in [-0.2, 0) is 13.0 Å². The molecule has 0 unspecified atom stereocenters. The van der Waals surface area contributed by atoms with Gasteiger partial charge in [0.25, 0.3) is 0 Å². The minimum Gasteiger partial charge on any atom is -0.389 e. The van der Waals surface area contributed by atoms with Crippen LogP contribution in [0.3, 0.4) is 0 Å². The highest BCUT2D eigenvalue weighted by Gasteiger charge is 2.08. The fourth-order valence-electron chi connectivity index (χ4n) is 1.89. The Morgan fingerprint density at radius 1 is 1.42 bits per heavy atom. The molecule has 0 radical (unpaired) electrons. The standard InChI is InChI=1S/C14H15FN2S2/c1-2-9-5-6-19-13(9)8-17-12-4-3-10(15)7-11(12)14(16)18/h3-7,17H,2,8H2,1H3,(H2,16,18). The van der Waals surface area contributed by atoms with E-state index in [0.29, 0.717) is 12.1 Å². The zero-order valence-electron chi connectivity index (χ0n) is 10.6. The third-order valence-corrected chi connectivity index (χ3v) is 4.09. The first kappa shape index (κ1) is 14.0. The summed E-state index contributed by atoms with van der Waals surface area (Å²) in [5, 5.41) is 5.35. The fourth-order valence-corrected chi connectivity index (χ4v) is 2.97. The lowest BCUT2D eigenvalue weighted by molar-refractivity contribution is 0.627. The minimum absolute atomic E-state index is 0.198. The number of halogens is 1. The van der Waals surface area contributed by atoms with Crippen LogP contribution in [0, 0.1) is 5.82 Å². The molecule has 5 heteroatoms. The highest BCUT2D eigenvalue weighted by Crippen LogP contribution is 2.22. The lowest BCUT2D eigenvalue weighted by Crippen LogP contribution is -2.13. The molecule has 1 heterocycles. The van der Waals surface area contributed by atoms with Gasteiger partial charge >= 0.3 is 0 Å². The van der Waals surface area contributed by atoms with Gasteiger partial charge in [0.1, 0.15) is 10.8 Å². The Labute approximate surface area is 121 Å². The van der Waals surface area contributed by atoms with Crippen LogP contribution in [0.25, 0.3) is 0 Å². The van der Waals surface area contributed by atoms with Crippen molar-refractivity contribution in [3.8, 4) is 0 Å². The number of nitrogens with two attached hydrogens (primary N) is 1. The van der Waals surface area contributed by atoms with Crippen LogP contribution in [-0.4, -0.2) is 4.99 Å². The molecule has 0 aliphatic rings. The van der Waals surface area contributed by atoms with Crippen molar-refractivity contribution in [2.75, 3.05) is 5.32 Å². The molecular weight excluding hydrogens is 279 g/mol. The van der Waals surface area contributed by atoms with Crippen molar-refractivity contribution in [1.82, 2.24) is 0 Å². The van der Waals surface area contributed by atoms with E-state index >= 15 is 0 Å². The number of nitrogens with one attached hydrogen (secondary N) is 1. The van der Waals surface area contributed by atoms with E-state index in [2.05, 4.69) is 23.7 Å². The zero-order valence-corrected chi connectivity index (χ0v) is 12.2. The molecule has 19 heavy (non-hydrogen) atoms. The number of aryl methyl sites for hydroxylation is 1. The summed E-state index contributed by atoms with van der Waals surface area (Å²) in [7, 11) is 0. The average molecular weight is 294 g/mol. The summed E-state index contributed by atoms with van der Waals surface area (Å²) in [5.41, 5.74) is 8.26. The Bertz CT molecular complexity index is 593. The predicted molar refractivity (Wildman–Crippen MR) is 83.3 cm³/mol. The first-order valence-corrected chi connectivity index (χ1v) is 7.29. The number of anilines is 1. The zero-order chi connectivity index (χ0) is 13.8. The maximum absolute atomic E-state index is 13.2. The molecule has 1 aromatic heterocycles. The van der Waals surface area contributed by atoms with Crippen molar-refractivity contribution < 1.29 is 4.39 Å². The van der Waals surface area contributed by atoms with Gasteiger partial charge in [-0.3, -0.25) is 0 Å². The molecule has 0 spiro atoms. The van der Waals surface area contributed by atoms with E-state index in [-0.39, 0.29) is 10.8 Å². The average Bonchev–Trinajstić information content (AvgIpc) is 2.84. The summed E-state index contributed by atoms with van der Waals surface area (Å²) in [5.74, 6) is -0.335. The maximum Gasteiger partial charge on any atom is 0.124 e. The molecule has 0 bridgehead atoms. The molecular formula is C14H15FN2S2. The molecule has 2 aromatic rings. The molecule has 100 valence electrons. The molecule has 0 aliphatic carbocycles. The van der Waals surface area contributed by atoms with Crippen LogP contribution in [0.15, 0.2) is 29.6 Å². The quantitative estimate of drug-likeness (QED) is 0.826. The van der Waals surface area contributed by atoms with Crippen LogP contribution in [0.1, 0.15) is 22.9 Å². The van der Waals surface area contributed by atoms with Crippen molar-refractivity contribution in [3.05, 3.63) is 51.5 Å². The van der Waals surface area contributed by atoms with Gasteiger partial charge in [-0.15, -0.1) is 11.3 Å². The Balaban J connectivity index is 2.18. The van der Waals surface area contributed by atoms with Gasteiger partial charge in [-0.2, -0.15) is 0 Å². The Morgan fingerprint density at radius 3 is 2.89 bits per heavy atom. The first-order valence-electron chi connectivity index (χ1n) is 6.00. The van der Waals surface area contributed by atoms with Crippen molar-refractivity contribution >= 4 is 34.2 Å². The summed E-state index contributed by atoms with van der Waals surface area (Å²) in [6.07, 6.45) is 1.01. The highest BCUT2D eigenvalue weighted by atomic mass is 32.1. The second-order valence-corrected chi connectivity index (χ2v) is 5.57. The third-order valence-electron chi connectivity index (χ3n) is 2.91. The van der Waals surface area contributed by atoms with Crippen LogP contribution < -0.4 is 11.1 Å².